The van der Waals surface area contributed by atoms with Crippen LogP contribution in [0.1, 0.15) is 35.7 Å². The van der Waals surface area contributed by atoms with E-state index in [1.165, 1.54) is 0 Å². The maximum atomic E-state index is 11.9. The van der Waals surface area contributed by atoms with Gasteiger partial charge in [-0.05, 0) is 43.5 Å². The van der Waals surface area contributed by atoms with Crippen molar-refractivity contribution < 1.29 is 13.2 Å². The number of hydrogen-bond acceptors (Lipinski definition) is 6. The number of rotatable bonds is 6. The summed E-state index contributed by atoms with van der Waals surface area (Å²) < 4.78 is 27.1. The minimum absolute atomic E-state index is 0.170. The van der Waals surface area contributed by atoms with Gasteiger partial charge in [0.1, 0.15) is 5.56 Å². The highest BCUT2D eigenvalue weighted by molar-refractivity contribution is 7.88. The van der Waals surface area contributed by atoms with E-state index in [0.29, 0.717) is 35.8 Å². The zero-order valence-electron chi connectivity index (χ0n) is 15.3. The molecule has 1 saturated carbocycles. The van der Waals surface area contributed by atoms with Crippen molar-refractivity contribution in [2.45, 2.75) is 37.4 Å². The Balaban J connectivity index is 1.79. The van der Waals surface area contributed by atoms with Gasteiger partial charge in [-0.15, -0.1) is 0 Å². The first-order chi connectivity index (χ1) is 13.1. The Bertz CT molecular complexity index is 960. The average molecular weight is 427 g/mol. The predicted molar refractivity (Wildman–Crippen MR) is 108 cm³/mol. The van der Waals surface area contributed by atoms with Crippen LogP contribution >= 0.6 is 11.6 Å². The molecule has 3 rings (SSSR count). The van der Waals surface area contributed by atoms with E-state index < -0.39 is 15.9 Å². The molecule has 1 aliphatic carbocycles. The van der Waals surface area contributed by atoms with Gasteiger partial charge in [-0.1, -0.05) is 11.6 Å². The molecule has 1 amide bonds. The Hall–Kier alpha value is -2.14. The summed E-state index contributed by atoms with van der Waals surface area (Å²) in [6.07, 6.45) is 4.43. The maximum absolute atomic E-state index is 11.9. The van der Waals surface area contributed by atoms with Crippen molar-refractivity contribution >= 4 is 39.0 Å². The van der Waals surface area contributed by atoms with Crippen LogP contribution in [0.2, 0.25) is 5.02 Å². The SMILES string of the molecule is CS(=O)(=O)N[C@@H]1CC[C@H](n2cc(C(N)=O)c(Nc3ccc(Cl)cc3)n2)[C@@H](N)C1. The number of carbonyl (C=O) groups excluding carboxylic acids is 1. The van der Waals surface area contributed by atoms with E-state index in [1.54, 1.807) is 35.1 Å². The van der Waals surface area contributed by atoms with E-state index in [2.05, 4.69) is 15.1 Å². The summed E-state index contributed by atoms with van der Waals surface area (Å²) in [5.41, 5.74) is 12.7. The van der Waals surface area contributed by atoms with Crippen LogP contribution in [0.3, 0.4) is 0 Å². The highest BCUT2D eigenvalue weighted by Gasteiger charge is 2.32. The third-order valence-electron chi connectivity index (χ3n) is 4.69. The number of aromatic nitrogens is 2. The number of hydrogen-bond donors (Lipinski definition) is 4. The molecule has 1 fully saturated rings. The van der Waals surface area contributed by atoms with E-state index in [0.717, 1.165) is 6.26 Å². The van der Waals surface area contributed by atoms with Crippen molar-refractivity contribution in [1.82, 2.24) is 14.5 Å². The van der Waals surface area contributed by atoms with Crippen molar-refractivity contribution in [3.05, 3.63) is 41.0 Å². The third kappa shape index (κ3) is 5.02. The first-order valence-electron chi connectivity index (χ1n) is 8.77. The number of primary amides is 1. The fourth-order valence-corrected chi connectivity index (χ4v) is 4.38. The second-order valence-electron chi connectivity index (χ2n) is 7.00. The van der Waals surface area contributed by atoms with Crippen molar-refractivity contribution in [3.8, 4) is 0 Å². The van der Waals surface area contributed by atoms with Crippen LogP contribution in [-0.2, 0) is 10.0 Å². The molecule has 0 aliphatic heterocycles. The molecular weight excluding hydrogens is 404 g/mol. The molecule has 0 unspecified atom stereocenters. The van der Waals surface area contributed by atoms with Gasteiger partial charge in [0.25, 0.3) is 5.91 Å². The van der Waals surface area contributed by atoms with Gasteiger partial charge in [0.15, 0.2) is 5.82 Å². The van der Waals surface area contributed by atoms with E-state index in [1.807, 2.05) is 0 Å². The fourth-order valence-electron chi connectivity index (χ4n) is 3.43. The number of nitrogens with two attached hydrogens (primary N) is 2. The highest BCUT2D eigenvalue weighted by atomic mass is 35.5. The number of nitrogens with zero attached hydrogens (tertiary/aromatic N) is 2. The van der Waals surface area contributed by atoms with Gasteiger partial charge < -0.3 is 16.8 Å². The number of amides is 1. The van der Waals surface area contributed by atoms with Crippen LogP contribution in [0.25, 0.3) is 0 Å². The molecule has 0 spiro atoms. The summed E-state index contributed by atoms with van der Waals surface area (Å²) in [6, 6.07) is 6.26. The maximum Gasteiger partial charge on any atom is 0.254 e. The van der Waals surface area contributed by atoms with Crippen LogP contribution in [0.4, 0.5) is 11.5 Å². The monoisotopic (exact) mass is 426 g/mol. The minimum atomic E-state index is -3.29. The average Bonchev–Trinajstić information content (AvgIpc) is 2.99. The number of carbonyl (C=O) groups is 1. The lowest BCUT2D eigenvalue weighted by atomic mass is 9.88. The largest absolute Gasteiger partial charge is 0.365 e. The summed E-state index contributed by atoms with van der Waals surface area (Å²) >= 11 is 5.89. The van der Waals surface area contributed by atoms with Gasteiger partial charge in [-0.3, -0.25) is 9.48 Å². The molecular formula is C17H23ClN6O3S. The van der Waals surface area contributed by atoms with Gasteiger partial charge in [0.05, 0.1) is 12.3 Å². The molecule has 2 aromatic rings. The zero-order chi connectivity index (χ0) is 20.5. The minimum Gasteiger partial charge on any atom is -0.365 e. The Kier molecular flexibility index (Phi) is 5.94. The number of sulfonamides is 1. The van der Waals surface area contributed by atoms with Crippen LogP contribution in [0.15, 0.2) is 30.5 Å². The lowest BCUT2D eigenvalue weighted by Gasteiger charge is -2.34. The van der Waals surface area contributed by atoms with Gasteiger partial charge >= 0.3 is 0 Å². The van der Waals surface area contributed by atoms with Gasteiger partial charge in [0.2, 0.25) is 10.0 Å². The molecule has 1 aliphatic rings. The van der Waals surface area contributed by atoms with Gasteiger partial charge in [-0.25, -0.2) is 13.1 Å². The first-order valence-corrected chi connectivity index (χ1v) is 11.0. The molecule has 9 nitrogen and oxygen atoms in total. The van der Waals surface area contributed by atoms with E-state index in [4.69, 9.17) is 23.1 Å². The highest BCUT2D eigenvalue weighted by Crippen LogP contribution is 2.30. The van der Waals surface area contributed by atoms with E-state index in [-0.39, 0.29) is 23.7 Å². The van der Waals surface area contributed by atoms with E-state index in [9.17, 15) is 13.2 Å². The Morgan fingerprint density at radius 3 is 2.54 bits per heavy atom. The second kappa shape index (κ2) is 8.08. The van der Waals surface area contributed by atoms with Crippen molar-refractivity contribution in [2.75, 3.05) is 11.6 Å². The fraction of sp³-hybridized carbons (Fsp3) is 0.412. The summed E-state index contributed by atoms with van der Waals surface area (Å²) in [6.45, 7) is 0. The number of halogens is 1. The summed E-state index contributed by atoms with van der Waals surface area (Å²) in [5, 5.41) is 8.14. The molecule has 1 aromatic heterocycles. The van der Waals surface area contributed by atoms with E-state index >= 15 is 0 Å². The topological polar surface area (TPSA) is 145 Å². The molecule has 1 heterocycles. The number of nitrogens with one attached hydrogen (secondary N) is 2. The first kappa shape index (κ1) is 20.6. The second-order valence-corrected chi connectivity index (χ2v) is 9.22. The smallest absolute Gasteiger partial charge is 0.254 e. The third-order valence-corrected chi connectivity index (χ3v) is 5.70. The molecule has 3 atom stereocenters. The summed E-state index contributed by atoms with van der Waals surface area (Å²) in [7, 11) is -3.29. The summed E-state index contributed by atoms with van der Waals surface area (Å²) in [4.78, 5) is 11.9. The molecule has 0 radical (unpaired) electrons. The molecule has 11 heteroatoms. The van der Waals surface area contributed by atoms with Crippen LogP contribution < -0.4 is 21.5 Å². The Labute approximate surface area is 168 Å². The van der Waals surface area contributed by atoms with Crippen molar-refractivity contribution in [1.29, 1.82) is 0 Å². The molecule has 1 aromatic carbocycles. The summed E-state index contributed by atoms with van der Waals surface area (Å²) in [5.74, 6) is -0.276. The molecule has 0 bridgehead atoms. The van der Waals surface area contributed by atoms with Crippen molar-refractivity contribution in [3.63, 3.8) is 0 Å². The lowest BCUT2D eigenvalue weighted by Crippen LogP contribution is -2.46. The normalized spacial score (nSPS) is 22.8. The molecule has 0 saturated heterocycles. The number of benzene rings is 1. The standard InChI is InChI=1S/C17H23ClN6O3S/c1-28(26,27)23-12-6-7-15(14(19)8-12)24-9-13(16(20)25)17(22-24)21-11-4-2-10(18)3-5-11/h2-5,9,12,14-15,23H,6-8,19H2,1H3,(H2,20,25)(H,21,22)/t12-,14+,15+/m1/s1. The van der Waals surface area contributed by atoms with Gasteiger partial charge in [-0.2, -0.15) is 5.10 Å². The van der Waals surface area contributed by atoms with Crippen LogP contribution in [0.5, 0.6) is 0 Å². The molecule has 6 N–H and O–H groups in total. The number of anilines is 2. The molecule has 152 valence electrons. The Morgan fingerprint density at radius 2 is 1.96 bits per heavy atom. The Morgan fingerprint density at radius 1 is 1.29 bits per heavy atom. The van der Waals surface area contributed by atoms with Crippen molar-refractivity contribution in [2.24, 2.45) is 11.5 Å². The quantitative estimate of drug-likeness (QED) is 0.548. The zero-order valence-corrected chi connectivity index (χ0v) is 16.9. The van der Waals surface area contributed by atoms with Gasteiger partial charge in [0, 0.05) is 29.0 Å². The molecule has 28 heavy (non-hydrogen) atoms. The van der Waals surface area contributed by atoms with Crippen LogP contribution in [0, 0.1) is 0 Å². The predicted octanol–water partition coefficient (Wildman–Crippen LogP) is 1.35. The van der Waals surface area contributed by atoms with Crippen LogP contribution in [-0.4, -0.2) is 42.4 Å². The lowest BCUT2D eigenvalue weighted by molar-refractivity contribution is 0.100.